The quantitative estimate of drug-likeness (QED) is 0.695. The monoisotopic (exact) mass is 389 g/mol. The van der Waals surface area contributed by atoms with Gasteiger partial charge in [0.2, 0.25) is 0 Å². The number of rotatable bonds is 3. The summed E-state index contributed by atoms with van der Waals surface area (Å²) in [4.78, 5) is 12.4. The lowest BCUT2D eigenvalue weighted by molar-refractivity contribution is 0.102. The molecule has 0 saturated carbocycles. The molecule has 0 unspecified atom stereocenters. The molecule has 0 spiro atoms. The predicted molar refractivity (Wildman–Crippen MR) is 95.4 cm³/mol. The molecule has 2 aromatic carbocycles. The highest BCUT2D eigenvalue weighted by Crippen LogP contribution is 2.21. The van der Waals surface area contributed by atoms with E-state index in [4.69, 9.17) is 11.6 Å². The van der Waals surface area contributed by atoms with Gasteiger partial charge in [0, 0.05) is 21.4 Å². The van der Waals surface area contributed by atoms with Crippen molar-refractivity contribution in [3.63, 3.8) is 0 Å². The summed E-state index contributed by atoms with van der Waals surface area (Å²) in [5.41, 5.74) is 2.87. The molecule has 0 radical (unpaired) electrons. The second-order valence-electron chi connectivity index (χ2n) is 5.04. The molecule has 0 aliphatic heterocycles. The fourth-order valence-electron chi connectivity index (χ4n) is 2.12. The molecule has 4 nitrogen and oxygen atoms in total. The van der Waals surface area contributed by atoms with Crippen LogP contribution in [0.3, 0.4) is 0 Å². The van der Waals surface area contributed by atoms with Crippen molar-refractivity contribution in [2.45, 2.75) is 6.92 Å². The smallest absolute Gasteiger partial charge is 0.276 e. The molecule has 1 amide bonds. The molecule has 0 saturated heterocycles. The molecule has 0 bridgehead atoms. The van der Waals surface area contributed by atoms with Gasteiger partial charge in [0.1, 0.15) is 0 Å². The first-order chi connectivity index (χ1) is 11.0. The molecule has 6 heteroatoms. The van der Waals surface area contributed by atoms with Gasteiger partial charge in [-0.15, -0.1) is 0 Å². The zero-order valence-corrected chi connectivity index (χ0v) is 14.6. The van der Waals surface area contributed by atoms with Crippen LogP contribution in [-0.4, -0.2) is 15.7 Å². The summed E-state index contributed by atoms with van der Waals surface area (Å²) in [5.74, 6) is -0.257. The average Bonchev–Trinajstić information content (AvgIpc) is 3.01. The number of amides is 1. The summed E-state index contributed by atoms with van der Waals surface area (Å²) < 4.78 is 2.53. The number of anilines is 1. The van der Waals surface area contributed by atoms with Gasteiger partial charge in [0.15, 0.2) is 5.69 Å². The number of aryl methyl sites for hydroxylation is 1. The predicted octanol–water partition coefficient (Wildman–Crippen LogP) is 4.85. The molecule has 116 valence electrons. The van der Waals surface area contributed by atoms with E-state index in [0.29, 0.717) is 10.7 Å². The molecule has 3 aromatic rings. The molecule has 0 fully saturated rings. The van der Waals surface area contributed by atoms with Crippen LogP contribution in [0.2, 0.25) is 5.02 Å². The molecule has 1 heterocycles. The molecular formula is C17H13BrClN3O. The summed E-state index contributed by atoms with van der Waals surface area (Å²) in [5, 5.41) is 7.80. The SMILES string of the molecule is Cc1ccc(Br)cc1NC(=O)c1ccn(-c2cccc(Cl)c2)n1. The summed E-state index contributed by atoms with van der Waals surface area (Å²) in [6, 6.07) is 14.7. The van der Waals surface area contributed by atoms with E-state index < -0.39 is 0 Å². The topological polar surface area (TPSA) is 46.9 Å². The van der Waals surface area contributed by atoms with Crippen molar-refractivity contribution in [3.05, 3.63) is 75.5 Å². The third-order valence-corrected chi connectivity index (χ3v) is 4.07. The van der Waals surface area contributed by atoms with Gasteiger partial charge in [0.25, 0.3) is 5.91 Å². The number of nitrogens with one attached hydrogen (secondary N) is 1. The molecule has 3 rings (SSSR count). The minimum absolute atomic E-state index is 0.257. The lowest BCUT2D eigenvalue weighted by Gasteiger charge is -2.07. The second-order valence-corrected chi connectivity index (χ2v) is 6.39. The Balaban J connectivity index is 1.82. The van der Waals surface area contributed by atoms with Crippen LogP contribution in [0.25, 0.3) is 5.69 Å². The van der Waals surface area contributed by atoms with Gasteiger partial charge in [-0.05, 0) is 48.9 Å². The number of aromatic nitrogens is 2. The van der Waals surface area contributed by atoms with Crippen LogP contribution in [0, 0.1) is 6.92 Å². The standard InChI is InChI=1S/C17H13BrClN3O/c1-11-5-6-12(18)9-16(11)20-17(23)15-7-8-22(21-15)14-4-2-3-13(19)10-14/h2-10H,1H3,(H,20,23). The second kappa shape index (κ2) is 6.56. The minimum atomic E-state index is -0.257. The Morgan fingerprint density at radius 2 is 2.04 bits per heavy atom. The van der Waals surface area contributed by atoms with E-state index >= 15 is 0 Å². The Morgan fingerprint density at radius 3 is 2.83 bits per heavy atom. The third-order valence-electron chi connectivity index (χ3n) is 3.34. The van der Waals surface area contributed by atoms with E-state index in [9.17, 15) is 4.79 Å². The molecule has 23 heavy (non-hydrogen) atoms. The van der Waals surface area contributed by atoms with Crippen LogP contribution >= 0.6 is 27.5 Å². The van der Waals surface area contributed by atoms with Crippen molar-refractivity contribution >= 4 is 39.1 Å². The zero-order chi connectivity index (χ0) is 16.4. The zero-order valence-electron chi connectivity index (χ0n) is 12.3. The van der Waals surface area contributed by atoms with Crippen molar-refractivity contribution in [2.24, 2.45) is 0 Å². The first-order valence-corrected chi connectivity index (χ1v) is 8.09. The van der Waals surface area contributed by atoms with E-state index in [1.54, 1.807) is 29.1 Å². The normalized spacial score (nSPS) is 10.6. The van der Waals surface area contributed by atoms with Crippen molar-refractivity contribution in [1.82, 2.24) is 9.78 Å². The number of halogens is 2. The first-order valence-electron chi connectivity index (χ1n) is 6.92. The highest BCUT2D eigenvalue weighted by molar-refractivity contribution is 9.10. The fourth-order valence-corrected chi connectivity index (χ4v) is 2.67. The Bertz CT molecular complexity index is 876. The van der Waals surface area contributed by atoms with E-state index in [1.807, 2.05) is 37.3 Å². The van der Waals surface area contributed by atoms with E-state index in [1.165, 1.54) is 0 Å². The van der Waals surface area contributed by atoms with E-state index in [-0.39, 0.29) is 5.91 Å². The number of carbonyl (C=O) groups is 1. The molecule has 0 aliphatic carbocycles. The summed E-state index contributed by atoms with van der Waals surface area (Å²) >= 11 is 9.38. The maximum absolute atomic E-state index is 12.4. The Labute approximate surface area is 147 Å². The summed E-state index contributed by atoms with van der Waals surface area (Å²) in [6.45, 7) is 1.94. The van der Waals surface area contributed by atoms with Crippen LogP contribution in [0.4, 0.5) is 5.69 Å². The number of benzene rings is 2. The van der Waals surface area contributed by atoms with Gasteiger partial charge >= 0.3 is 0 Å². The lowest BCUT2D eigenvalue weighted by Crippen LogP contribution is -2.14. The van der Waals surface area contributed by atoms with Gasteiger partial charge in [-0.25, -0.2) is 4.68 Å². The Kier molecular flexibility index (Phi) is 4.50. The van der Waals surface area contributed by atoms with Crippen LogP contribution in [0.15, 0.2) is 59.2 Å². The maximum atomic E-state index is 12.4. The maximum Gasteiger partial charge on any atom is 0.276 e. The summed E-state index contributed by atoms with van der Waals surface area (Å²) in [6.07, 6.45) is 1.73. The van der Waals surface area contributed by atoms with Gasteiger partial charge in [-0.1, -0.05) is 39.7 Å². The van der Waals surface area contributed by atoms with E-state index in [0.717, 1.165) is 21.4 Å². The summed E-state index contributed by atoms with van der Waals surface area (Å²) in [7, 11) is 0. The van der Waals surface area contributed by atoms with Crippen LogP contribution < -0.4 is 5.32 Å². The largest absolute Gasteiger partial charge is 0.320 e. The highest BCUT2D eigenvalue weighted by atomic mass is 79.9. The Hall–Kier alpha value is -2.11. The number of nitrogens with zero attached hydrogens (tertiary/aromatic N) is 2. The lowest BCUT2D eigenvalue weighted by atomic mass is 10.2. The molecule has 1 aromatic heterocycles. The van der Waals surface area contributed by atoms with Crippen LogP contribution in [0.1, 0.15) is 16.1 Å². The fraction of sp³-hybridized carbons (Fsp3) is 0.0588. The first kappa shape index (κ1) is 15.8. The van der Waals surface area contributed by atoms with Crippen molar-refractivity contribution < 1.29 is 4.79 Å². The molecule has 1 N–H and O–H groups in total. The minimum Gasteiger partial charge on any atom is -0.320 e. The van der Waals surface area contributed by atoms with Crippen LogP contribution in [0.5, 0.6) is 0 Å². The van der Waals surface area contributed by atoms with Gasteiger partial charge in [-0.3, -0.25) is 4.79 Å². The van der Waals surface area contributed by atoms with Crippen molar-refractivity contribution in [2.75, 3.05) is 5.32 Å². The van der Waals surface area contributed by atoms with Crippen molar-refractivity contribution in [3.8, 4) is 5.69 Å². The van der Waals surface area contributed by atoms with Gasteiger partial charge in [-0.2, -0.15) is 5.10 Å². The highest BCUT2D eigenvalue weighted by Gasteiger charge is 2.12. The molecular weight excluding hydrogens is 378 g/mol. The van der Waals surface area contributed by atoms with E-state index in [2.05, 4.69) is 26.3 Å². The molecule has 0 atom stereocenters. The average molecular weight is 391 g/mol. The third kappa shape index (κ3) is 3.63. The molecule has 0 aliphatic rings. The van der Waals surface area contributed by atoms with Crippen LogP contribution in [-0.2, 0) is 0 Å². The van der Waals surface area contributed by atoms with Crippen molar-refractivity contribution in [1.29, 1.82) is 0 Å². The number of carbonyl (C=O) groups excluding carboxylic acids is 1. The number of hydrogen-bond acceptors (Lipinski definition) is 2. The Morgan fingerprint density at radius 1 is 1.22 bits per heavy atom. The number of hydrogen-bond donors (Lipinski definition) is 1. The van der Waals surface area contributed by atoms with Gasteiger partial charge < -0.3 is 5.32 Å². The van der Waals surface area contributed by atoms with Gasteiger partial charge in [0.05, 0.1) is 5.69 Å².